The molecule has 4 heteroatoms. The lowest BCUT2D eigenvalue weighted by Crippen LogP contribution is -2.21. The predicted molar refractivity (Wildman–Crippen MR) is 62.9 cm³/mol. The van der Waals surface area contributed by atoms with Crippen molar-refractivity contribution < 1.29 is 14.2 Å². The molecular formula is C12H19NO3. The highest BCUT2D eigenvalue weighted by molar-refractivity contribution is 5.39. The monoisotopic (exact) mass is 225 g/mol. The maximum absolute atomic E-state index is 5.60. The van der Waals surface area contributed by atoms with Crippen molar-refractivity contribution in [2.75, 3.05) is 20.8 Å². The van der Waals surface area contributed by atoms with Gasteiger partial charge in [-0.15, -0.1) is 0 Å². The summed E-state index contributed by atoms with van der Waals surface area (Å²) >= 11 is 0. The normalized spacial score (nSPS) is 12.2. The van der Waals surface area contributed by atoms with E-state index in [0.29, 0.717) is 13.2 Å². The van der Waals surface area contributed by atoms with E-state index in [1.54, 1.807) is 14.2 Å². The van der Waals surface area contributed by atoms with Gasteiger partial charge in [0, 0.05) is 11.6 Å². The van der Waals surface area contributed by atoms with Gasteiger partial charge in [0.1, 0.15) is 11.5 Å². The van der Waals surface area contributed by atoms with Crippen molar-refractivity contribution in [3.63, 3.8) is 0 Å². The molecule has 4 nitrogen and oxygen atoms in total. The molecule has 0 amide bonds. The lowest BCUT2D eigenvalue weighted by Gasteiger charge is -2.11. The number of rotatable bonds is 6. The smallest absolute Gasteiger partial charge is 0.124 e. The largest absolute Gasteiger partial charge is 0.497 e. The number of hydrogen-bond acceptors (Lipinski definition) is 4. The quantitative estimate of drug-likeness (QED) is 0.798. The molecule has 0 fully saturated rings. The molecule has 90 valence electrons. The van der Waals surface area contributed by atoms with Crippen LogP contribution in [0.15, 0.2) is 18.2 Å². The van der Waals surface area contributed by atoms with Gasteiger partial charge in [0.25, 0.3) is 0 Å². The first-order valence-electron chi connectivity index (χ1n) is 5.21. The van der Waals surface area contributed by atoms with E-state index in [2.05, 4.69) is 0 Å². The van der Waals surface area contributed by atoms with E-state index < -0.39 is 0 Å². The van der Waals surface area contributed by atoms with Crippen molar-refractivity contribution in [3.8, 4) is 11.5 Å². The third-order valence-electron chi connectivity index (χ3n) is 2.13. The molecule has 0 heterocycles. The van der Waals surface area contributed by atoms with Gasteiger partial charge in [0.2, 0.25) is 0 Å². The summed E-state index contributed by atoms with van der Waals surface area (Å²) in [6.45, 7) is 2.91. The summed E-state index contributed by atoms with van der Waals surface area (Å²) in [6, 6.07) is 5.66. The molecule has 0 aromatic heterocycles. The number of methoxy groups -OCH3 is 2. The molecule has 0 spiro atoms. The molecule has 0 aliphatic heterocycles. The van der Waals surface area contributed by atoms with Gasteiger partial charge < -0.3 is 19.9 Å². The Morgan fingerprint density at radius 1 is 1.25 bits per heavy atom. The van der Waals surface area contributed by atoms with E-state index >= 15 is 0 Å². The molecular weight excluding hydrogens is 206 g/mol. The summed E-state index contributed by atoms with van der Waals surface area (Å²) in [5, 5.41) is 0. The summed E-state index contributed by atoms with van der Waals surface area (Å²) < 4.78 is 15.8. The van der Waals surface area contributed by atoms with Crippen LogP contribution in [-0.2, 0) is 11.3 Å². The van der Waals surface area contributed by atoms with Gasteiger partial charge in [-0.2, -0.15) is 0 Å². The summed E-state index contributed by atoms with van der Waals surface area (Å²) in [7, 11) is 3.27. The molecule has 1 unspecified atom stereocenters. The topological polar surface area (TPSA) is 53.7 Å². The SMILES string of the molecule is COc1ccc(OC)c(COCC(C)N)c1. The lowest BCUT2D eigenvalue weighted by molar-refractivity contribution is 0.109. The lowest BCUT2D eigenvalue weighted by atomic mass is 10.2. The maximum atomic E-state index is 5.60. The molecule has 0 aliphatic rings. The van der Waals surface area contributed by atoms with Crippen LogP contribution in [0.2, 0.25) is 0 Å². The zero-order chi connectivity index (χ0) is 12.0. The molecule has 0 aliphatic carbocycles. The summed E-state index contributed by atoms with van der Waals surface area (Å²) in [5.41, 5.74) is 6.56. The average molecular weight is 225 g/mol. The summed E-state index contributed by atoms with van der Waals surface area (Å²) in [4.78, 5) is 0. The Balaban J connectivity index is 2.67. The Kier molecular flexibility index (Phi) is 5.08. The van der Waals surface area contributed by atoms with Crippen LogP contribution in [0.5, 0.6) is 11.5 Å². The molecule has 1 aromatic carbocycles. The Morgan fingerprint density at radius 3 is 2.56 bits per heavy atom. The van der Waals surface area contributed by atoms with Gasteiger partial charge in [0.15, 0.2) is 0 Å². The molecule has 0 bridgehead atoms. The molecule has 0 radical (unpaired) electrons. The average Bonchev–Trinajstić information content (AvgIpc) is 2.28. The van der Waals surface area contributed by atoms with Crippen molar-refractivity contribution in [3.05, 3.63) is 23.8 Å². The highest BCUT2D eigenvalue weighted by Gasteiger charge is 2.05. The molecule has 1 atom stereocenters. The fourth-order valence-corrected chi connectivity index (χ4v) is 1.35. The molecule has 0 saturated heterocycles. The molecule has 1 rings (SSSR count). The van der Waals surface area contributed by atoms with Crippen molar-refractivity contribution in [2.45, 2.75) is 19.6 Å². The van der Waals surface area contributed by atoms with Gasteiger partial charge in [-0.3, -0.25) is 0 Å². The van der Waals surface area contributed by atoms with Crippen molar-refractivity contribution in [2.24, 2.45) is 5.73 Å². The van der Waals surface area contributed by atoms with Crippen LogP contribution in [0.3, 0.4) is 0 Å². The van der Waals surface area contributed by atoms with E-state index in [-0.39, 0.29) is 6.04 Å². The highest BCUT2D eigenvalue weighted by atomic mass is 16.5. The van der Waals surface area contributed by atoms with Crippen molar-refractivity contribution in [1.82, 2.24) is 0 Å². The van der Waals surface area contributed by atoms with Crippen LogP contribution >= 0.6 is 0 Å². The number of hydrogen-bond donors (Lipinski definition) is 1. The minimum Gasteiger partial charge on any atom is -0.497 e. The number of benzene rings is 1. The third-order valence-corrected chi connectivity index (χ3v) is 2.13. The third kappa shape index (κ3) is 3.72. The van der Waals surface area contributed by atoms with Crippen molar-refractivity contribution in [1.29, 1.82) is 0 Å². The Hall–Kier alpha value is -1.26. The number of ether oxygens (including phenoxy) is 3. The fourth-order valence-electron chi connectivity index (χ4n) is 1.35. The first-order chi connectivity index (χ1) is 7.67. The number of nitrogens with two attached hydrogens (primary N) is 1. The van der Waals surface area contributed by atoms with Gasteiger partial charge in [-0.25, -0.2) is 0 Å². The Labute approximate surface area is 96.3 Å². The summed E-state index contributed by atoms with van der Waals surface area (Å²) in [5.74, 6) is 1.59. The molecule has 0 saturated carbocycles. The first kappa shape index (κ1) is 12.8. The van der Waals surface area contributed by atoms with E-state index in [0.717, 1.165) is 17.1 Å². The van der Waals surface area contributed by atoms with E-state index in [1.165, 1.54) is 0 Å². The summed E-state index contributed by atoms with van der Waals surface area (Å²) in [6.07, 6.45) is 0. The van der Waals surface area contributed by atoms with Crippen LogP contribution in [0.25, 0.3) is 0 Å². The molecule has 2 N–H and O–H groups in total. The Morgan fingerprint density at radius 2 is 2.00 bits per heavy atom. The second kappa shape index (κ2) is 6.35. The maximum Gasteiger partial charge on any atom is 0.124 e. The Bertz CT molecular complexity index is 326. The standard InChI is InChI=1S/C12H19NO3/c1-9(13)7-16-8-10-6-11(14-2)4-5-12(10)15-3/h4-6,9H,7-8,13H2,1-3H3. The second-order valence-corrected chi connectivity index (χ2v) is 3.67. The fraction of sp³-hybridized carbons (Fsp3) is 0.500. The van der Waals surface area contributed by atoms with Crippen LogP contribution in [0.1, 0.15) is 12.5 Å². The van der Waals surface area contributed by atoms with Gasteiger partial charge in [-0.05, 0) is 25.1 Å². The van der Waals surface area contributed by atoms with E-state index in [4.69, 9.17) is 19.9 Å². The van der Waals surface area contributed by atoms with Gasteiger partial charge in [0.05, 0.1) is 27.4 Å². The predicted octanol–water partition coefficient (Wildman–Crippen LogP) is 1.57. The van der Waals surface area contributed by atoms with Gasteiger partial charge >= 0.3 is 0 Å². The minimum absolute atomic E-state index is 0.0385. The van der Waals surface area contributed by atoms with Gasteiger partial charge in [-0.1, -0.05) is 0 Å². The van der Waals surface area contributed by atoms with Crippen LogP contribution < -0.4 is 15.2 Å². The zero-order valence-electron chi connectivity index (χ0n) is 10.0. The van der Waals surface area contributed by atoms with E-state index in [1.807, 2.05) is 25.1 Å². The molecule has 1 aromatic rings. The van der Waals surface area contributed by atoms with Crippen LogP contribution in [0.4, 0.5) is 0 Å². The van der Waals surface area contributed by atoms with Crippen LogP contribution in [0, 0.1) is 0 Å². The first-order valence-corrected chi connectivity index (χ1v) is 5.21. The second-order valence-electron chi connectivity index (χ2n) is 3.67. The van der Waals surface area contributed by atoms with Crippen molar-refractivity contribution >= 4 is 0 Å². The van der Waals surface area contributed by atoms with Crippen LogP contribution in [-0.4, -0.2) is 26.9 Å². The van der Waals surface area contributed by atoms with E-state index in [9.17, 15) is 0 Å². The zero-order valence-corrected chi connectivity index (χ0v) is 10.0. The minimum atomic E-state index is 0.0385. The molecule has 16 heavy (non-hydrogen) atoms. The highest BCUT2D eigenvalue weighted by Crippen LogP contribution is 2.24.